The van der Waals surface area contributed by atoms with Gasteiger partial charge >= 0.3 is 0 Å². The first kappa shape index (κ1) is 13.3. The molecule has 0 bridgehead atoms. The SMILES string of the molecule is CNC1(CO)CCCC(N2CCOCC2C)C1. The third-order valence-electron chi connectivity index (χ3n) is 4.54. The average Bonchev–Trinajstić information content (AvgIpc) is 2.39. The Hall–Kier alpha value is -0.160. The minimum Gasteiger partial charge on any atom is -0.394 e. The number of nitrogens with one attached hydrogen (secondary N) is 1. The van der Waals surface area contributed by atoms with E-state index in [4.69, 9.17) is 4.74 Å². The monoisotopic (exact) mass is 242 g/mol. The molecule has 0 amide bonds. The maximum atomic E-state index is 9.62. The molecule has 1 saturated carbocycles. The van der Waals surface area contributed by atoms with Crippen molar-refractivity contribution in [1.82, 2.24) is 10.2 Å². The first-order valence-electron chi connectivity index (χ1n) is 6.84. The molecule has 2 rings (SSSR count). The number of likely N-dealkylation sites (N-methyl/N-ethyl adjacent to an activating group) is 1. The molecule has 4 heteroatoms. The molecule has 2 aliphatic rings. The lowest BCUT2D eigenvalue weighted by atomic mass is 9.78. The van der Waals surface area contributed by atoms with Crippen LogP contribution in [0.2, 0.25) is 0 Å². The number of aliphatic hydroxyl groups is 1. The van der Waals surface area contributed by atoms with Crippen LogP contribution in [-0.2, 0) is 4.74 Å². The molecule has 0 aromatic carbocycles. The molecule has 2 N–H and O–H groups in total. The Kier molecular flexibility index (Phi) is 4.42. The van der Waals surface area contributed by atoms with E-state index in [0.717, 1.165) is 32.6 Å². The average molecular weight is 242 g/mol. The van der Waals surface area contributed by atoms with Crippen LogP contribution in [0, 0.1) is 0 Å². The summed E-state index contributed by atoms with van der Waals surface area (Å²) in [7, 11) is 1.97. The van der Waals surface area contributed by atoms with Gasteiger partial charge in [0.2, 0.25) is 0 Å². The van der Waals surface area contributed by atoms with E-state index in [-0.39, 0.29) is 12.1 Å². The zero-order valence-electron chi connectivity index (χ0n) is 11.1. The third kappa shape index (κ3) is 2.81. The fourth-order valence-corrected chi connectivity index (χ4v) is 3.35. The highest BCUT2D eigenvalue weighted by atomic mass is 16.5. The second kappa shape index (κ2) is 5.65. The van der Waals surface area contributed by atoms with Gasteiger partial charge in [-0.1, -0.05) is 0 Å². The van der Waals surface area contributed by atoms with Crippen molar-refractivity contribution in [2.75, 3.05) is 33.4 Å². The van der Waals surface area contributed by atoms with Gasteiger partial charge in [0.1, 0.15) is 0 Å². The summed E-state index contributed by atoms with van der Waals surface area (Å²) in [6.45, 7) is 5.23. The molecule has 1 saturated heterocycles. The van der Waals surface area contributed by atoms with E-state index in [9.17, 15) is 5.11 Å². The van der Waals surface area contributed by atoms with Crippen molar-refractivity contribution in [3.63, 3.8) is 0 Å². The van der Waals surface area contributed by atoms with Crippen molar-refractivity contribution < 1.29 is 9.84 Å². The van der Waals surface area contributed by atoms with Crippen molar-refractivity contribution >= 4 is 0 Å². The Morgan fingerprint density at radius 2 is 2.35 bits per heavy atom. The van der Waals surface area contributed by atoms with Crippen LogP contribution in [0.1, 0.15) is 32.6 Å². The number of rotatable bonds is 3. The van der Waals surface area contributed by atoms with E-state index >= 15 is 0 Å². The third-order valence-corrected chi connectivity index (χ3v) is 4.54. The lowest BCUT2D eigenvalue weighted by molar-refractivity contribution is -0.0422. The Balaban J connectivity index is 2.00. The van der Waals surface area contributed by atoms with Gasteiger partial charge in [0.15, 0.2) is 0 Å². The summed E-state index contributed by atoms with van der Waals surface area (Å²) in [6, 6.07) is 1.11. The van der Waals surface area contributed by atoms with Crippen LogP contribution < -0.4 is 5.32 Å². The summed E-state index contributed by atoms with van der Waals surface area (Å²) in [4.78, 5) is 2.57. The number of nitrogens with zero attached hydrogens (tertiary/aromatic N) is 1. The summed E-state index contributed by atoms with van der Waals surface area (Å²) >= 11 is 0. The molecule has 0 spiro atoms. The molecular formula is C13H26N2O2. The highest BCUT2D eigenvalue weighted by molar-refractivity contribution is 4.96. The van der Waals surface area contributed by atoms with E-state index in [1.165, 1.54) is 12.8 Å². The van der Waals surface area contributed by atoms with Crippen LogP contribution in [0.25, 0.3) is 0 Å². The highest BCUT2D eigenvalue weighted by Crippen LogP contribution is 2.32. The van der Waals surface area contributed by atoms with Crippen LogP contribution >= 0.6 is 0 Å². The highest BCUT2D eigenvalue weighted by Gasteiger charge is 2.38. The minimum atomic E-state index is -0.0546. The Bertz CT molecular complexity index is 244. The van der Waals surface area contributed by atoms with Gasteiger partial charge in [0.05, 0.1) is 19.8 Å². The fourth-order valence-electron chi connectivity index (χ4n) is 3.35. The van der Waals surface area contributed by atoms with Crippen molar-refractivity contribution in [3.8, 4) is 0 Å². The second-order valence-electron chi connectivity index (χ2n) is 5.60. The predicted molar refractivity (Wildman–Crippen MR) is 68.1 cm³/mol. The van der Waals surface area contributed by atoms with Gasteiger partial charge in [-0.2, -0.15) is 0 Å². The molecular weight excluding hydrogens is 216 g/mol. The summed E-state index contributed by atoms with van der Waals surface area (Å²) in [5, 5.41) is 13.0. The van der Waals surface area contributed by atoms with Crippen LogP contribution in [-0.4, -0.2) is 61.0 Å². The molecule has 1 heterocycles. The van der Waals surface area contributed by atoms with Gasteiger partial charge < -0.3 is 15.2 Å². The van der Waals surface area contributed by atoms with E-state index in [1.54, 1.807) is 0 Å². The second-order valence-corrected chi connectivity index (χ2v) is 5.60. The quantitative estimate of drug-likeness (QED) is 0.761. The largest absolute Gasteiger partial charge is 0.394 e. The van der Waals surface area contributed by atoms with Crippen molar-refractivity contribution in [2.24, 2.45) is 0 Å². The summed E-state index contributed by atoms with van der Waals surface area (Å²) in [5.74, 6) is 0. The first-order chi connectivity index (χ1) is 8.21. The zero-order valence-corrected chi connectivity index (χ0v) is 11.1. The van der Waals surface area contributed by atoms with Crippen molar-refractivity contribution in [2.45, 2.75) is 50.2 Å². The minimum absolute atomic E-state index is 0.0546. The van der Waals surface area contributed by atoms with E-state index in [2.05, 4.69) is 17.1 Å². The smallest absolute Gasteiger partial charge is 0.0619 e. The molecule has 0 aromatic heterocycles. The molecule has 0 aromatic rings. The lowest BCUT2D eigenvalue weighted by Crippen LogP contribution is -2.58. The maximum Gasteiger partial charge on any atom is 0.0619 e. The molecule has 0 radical (unpaired) electrons. The molecule has 4 nitrogen and oxygen atoms in total. The van der Waals surface area contributed by atoms with Gasteiger partial charge in [-0.25, -0.2) is 0 Å². The Morgan fingerprint density at radius 3 is 3.00 bits per heavy atom. The van der Waals surface area contributed by atoms with Gasteiger partial charge in [-0.3, -0.25) is 4.90 Å². The molecule has 17 heavy (non-hydrogen) atoms. The van der Waals surface area contributed by atoms with Crippen molar-refractivity contribution in [1.29, 1.82) is 0 Å². The molecule has 3 atom stereocenters. The number of morpholine rings is 1. The van der Waals surface area contributed by atoms with E-state index in [0.29, 0.717) is 12.1 Å². The predicted octanol–water partition coefficient (Wildman–Crippen LogP) is 0.600. The fraction of sp³-hybridized carbons (Fsp3) is 1.00. The molecule has 3 unspecified atom stereocenters. The standard InChI is InChI=1S/C13H26N2O2/c1-11-9-17-7-6-15(11)12-4-3-5-13(8-12,10-16)14-2/h11-12,14,16H,3-10H2,1-2H3. The summed E-state index contributed by atoms with van der Waals surface area (Å²) in [6.07, 6.45) is 4.61. The van der Waals surface area contributed by atoms with Crippen molar-refractivity contribution in [3.05, 3.63) is 0 Å². The summed E-state index contributed by atoms with van der Waals surface area (Å²) < 4.78 is 5.50. The first-order valence-corrected chi connectivity index (χ1v) is 6.84. The van der Waals surface area contributed by atoms with Gasteiger partial charge in [-0.15, -0.1) is 0 Å². The van der Waals surface area contributed by atoms with Gasteiger partial charge in [0.25, 0.3) is 0 Å². The Labute approximate surface area is 104 Å². The molecule has 1 aliphatic heterocycles. The molecule has 2 fully saturated rings. The lowest BCUT2D eigenvalue weighted by Gasteiger charge is -2.47. The van der Waals surface area contributed by atoms with Gasteiger partial charge in [0, 0.05) is 24.2 Å². The van der Waals surface area contributed by atoms with Crippen LogP contribution in [0.3, 0.4) is 0 Å². The summed E-state index contributed by atoms with van der Waals surface area (Å²) in [5.41, 5.74) is -0.0546. The van der Waals surface area contributed by atoms with Crippen LogP contribution in [0.5, 0.6) is 0 Å². The van der Waals surface area contributed by atoms with Gasteiger partial charge in [-0.05, 0) is 39.7 Å². The number of aliphatic hydroxyl groups excluding tert-OH is 1. The Morgan fingerprint density at radius 1 is 1.53 bits per heavy atom. The number of hydrogen-bond donors (Lipinski definition) is 2. The topological polar surface area (TPSA) is 44.7 Å². The maximum absolute atomic E-state index is 9.62. The zero-order chi connectivity index (χ0) is 12.3. The molecule has 100 valence electrons. The number of ether oxygens (including phenoxy) is 1. The molecule has 1 aliphatic carbocycles. The van der Waals surface area contributed by atoms with Crippen LogP contribution in [0.4, 0.5) is 0 Å². The van der Waals surface area contributed by atoms with E-state index in [1.807, 2.05) is 7.05 Å². The normalized spacial score (nSPS) is 40.4. The van der Waals surface area contributed by atoms with E-state index < -0.39 is 0 Å². The van der Waals surface area contributed by atoms with Crippen LogP contribution in [0.15, 0.2) is 0 Å². The number of hydrogen-bond acceptors (Lipinski definition) is 4.